The van der Waals surface area contributed by atoms with E-state index in [0.29, 0.717) is 0 Å². The van der Waals surface area contributed by atoms with Crippen molar-refractivity contribution in [3.63, 3.8) is 0 Å². The van der Waals surface area contributed by atoms with E-state index in [1.54, 1.807) is 6.20 Å². The van der Waals surface area contributed by atoms with Crippen LogP contribution in [-0.2, 0) is 0 Å². The van der Waals surface area contributed by atoms with Crippen molar-refractivity contribution in [3.8, 4) is 0 Å². The molecular weight excluding hydrogens is 272 g/mol. The number of rotatable bonds is 3. The summed E-state index contributed by atoms with van der Waals surface area (Å²) in [6.07, 6.45) is 9.11. The van der Waals surface area contributed by atoms with Crippen LogP contribution in [0.1, 0.15) is 25.7 Å². The third kappa shape index (κ3) is 2.88. The number of aromatic nitrogens is 1. The van der Waals surface area contributed by atoms with Crippen molar-refractivity contribution in [2.24, 2.45) is 5.92 Å². The van der Waals surface area contributed by atoms with Gasteiger partial charge >= 0.3 is 0 Å². The fourth-order valence-electron chi connectivity index (χ4n) is 1.97. The first-order valence-corrected chi connectivity index (χ1v) is 7.07. The Morgan fingerprint density at radius 1 is 1.40 bits per heavy atom. The summed E-state index contributed by atoms with van der Waals surface area (Å²) < 4.78 is 1.02. The number of nitrogen functional groups attached to an aromatic ring is 1. The maximum Gasteiger partial charge on any atom is 0.0650 e. The van der Waals surface area contributed by atoms with Gasteiger partial charge in [-0.15, -0.1) is 11.8 Å². The molecule has 2 rings (SSSR count). The number of thioether (sulfide) groups is 1. The Hall–Kier alpha value is -0.220. The Kier molecular flexibility index (Phi) is 3.92. The molecule has 1 fully saturated rings. The van der Waals surface area contributed by atoms with Crippen LogP contribution in [0.5, 0.6) is 0 Å². The van der Waals surface area contributed by atoms with Crippen molar-refractivity contribution in [1.29, 1.82) is 0 Å². The van der Waals surface area contributed by atoms with Crippen LogP contribution in [-0.4, -0.2) is 10.7 Å². The normalized spacial score (nSPS) is 17.1. The van der Waals surface area contributed by atoms with Gasteiger partial charge in [-0.2, -0.15) is 0 Å². The number of halogens is 1. The molecule has 0 aliphatic heterocycles. The summed E-state index contributed by atoms with van der Waals surface area (Å²) in [4.78, 5) is 5.19. The van der Waals surface area contributed by atoms with E-state index in [1.807, 2.05) is 18.0 Å². The predicted molar refractivity (Wildman–Crippen MR) is 69.0 cm³/mol. The summed E-state index contributed by atoms with van der Waals surface area (Å²) in [6, 6.07) is 0. The average Bonchev–Trinajstić information content (AvgIpc) is 2.70. The molecule has 0 bridgehead atoms. The van der Waals surface area contributed by atoms with E-state index < -0.39 is 0 Å². The molecule has 0 saturated heterocycles. The number of anilines is 1. The summed E-state index contributed by atoms with van der Waals surface area (Å²) in [5.74, 6) is 2.07. The predicted octanol–water partition coefficient (Wildman–Crippen LogP) is 3.71. The first kappa shape index (κ1) is 11.3. The minimum absolute atomic E-state index is 0.785. The van der Waals surface area contributed by atoms with Gasteiger partial charge in [-0.1, -0.05) is 12.8 Å². The molecule has 0 radical (unpaired) electrons. The summed E-state index contributed by atoms with van der Waals surface area (Å²) in [5, 5.41) is 0. The van der Waals surface area contributed by atoms with E-state index >= 15 is 0 Å². The van der Waals surface area contributed by atoms with E-state index in [0.717, 1.165) is 21.0 Å². The second-order valence-corrected chi connectivity index (χ2v) is 5.89. The summed E-state index contributed by atoms with van der Waals surface area (Å²) in [5.41, 5.74) is 6.68. The van der Waals surface area contributed by atoms with Crippen LogP contribution in [0.3, 0.4) is 0 Å². The minimum atomic E-state index is 0.785. The van der Waals surface area contributed by atoms with Gasteiger partial charge < -0.3 is 5.73 Å². The van der Waals surface area contributed by atoms with Gasteiger partial charge in [0.05, 0.1) is 16.4 Å². The molecular formula is C11H15BrN2S. The largest absolute Gasteiger partial charge is 0.397 e. The zero-order valence-corrected chi connectivity index (χ0v) is 11.0. The minimum Gasteiger partial charge on any atom is -0.397 e. The molecule has 1 aromatic rings. The van der Waals surface area contributed by atoms with E-state index in [1.165, 1.54) is 31.4 Å². The second kappa shape index (κ2) is 5.21. The fourth-order valence-corrected chi connectivity index (χ4v) is 3.80. The van der Waals surface area contributed by atoms with Crippen LogP contribution < -0.4 is 5.73 Å². The highest BCUT2D eigenvalue weighted by molar-refractivity contribution is 9.10. The topological polar surface area (TPSA) is 38.9 Å². The van der Waals surface area contributed by atoms with Crippen molar-refractivity contribution in [2.75, 3.05) is 11.5 Å². The number of nitrogens with two attached hydrogens (primary N) is 1. The van der Waals surface area contributed by atoms with Crippen molar-refractivity contribution >= 4 is 33.4 Å². The summed E-state index contributed by atoms with van der Waals surface area (Å²) in [6.45, 7) is 0. The van der Waals surface area contributed by atoms with Crippen molar-refractivity contribution in [3.05, 3.63) is 16.9 Å². The molecule has 1 saturated carbocycles. The molecule has 82 valence electrons. The van der Waals surface area contributed by atoms with Crippen LogP contribution in [0.2, 0.25) is 0 Å². The van der Waals surface area contributed by atoms with Crippen LogP contribution in [0.4, 0.5) is 5.69 Å². The Balaban J connectivity index is 1.97. The lowest BCUT2D eigenvalue weighted by atomic mass is 10.1. The molecule has 1 aliphatic carbocycles. The first-order chi connectivity index (χ1) is 7.27. The van der Waals surface area contributed by atoms with Gasteiger partial charge in [0.15, 0.2) is 0 Å². The van der Waals surface area contributed by atoms with Crippen molar-refractivity contribution in [2.45, 2.75) is 30.6 Å². The third-order valence-electron chi connectivity index (χ3n) is 2.82. The monoisotopic (exact) mass is 286 g/mol. The molecule has 2 nitrogen and oxygen atoms in total. The Bertz CT molecular complexity index is 317. The SMILES string of the molecule is Nc1cncc(Br)c1SCC1CCCC1. The molecule has 15 heavy (non-hydrogen) atoms. The maximum atomic E-state index is 5.89. The van der Waals surface area contributed by atoms with Crippen molar-refractivity contribution < 1.29 is 0 Å². The standard InChI is InChI=1S/C11H15BrN2S/c12-9-5-14-6-10(13)11(9)15-7-8-3-1-2-4-8/h5-6,8H,1-4,7,13H2. The van der Waals surface area contributed by atoms with Crippen LogP contribution in [0.15, 0.2) is 21.8 Å². The third-order valence-corrected chi connectivity index (χ3v) is 5.06. The van der Waals surface area contributed by atoms with Gasteiger partial charge in [-0.05, 0) is 34.7 Å². The lowest BCUT2D eigenvalue weighted by Gasteiger charge is -2.10. The number of nitrogens with zero attached hydrogens (tertiary/aromatic N) is 1. The molecule has 0 atom stereocenters. The van der Waals surface area contributed by atoms with E-state index in [9.17, 15) is 0 Å². The van der Waals surface area contributed by atoms with E-state index in [-0.39, 0.29) is 0 Å². The van der Waals surface area contributed by atoms with Gasteiger partial charge in [0.2, 0.25) is 0 Å². The highest BCUT2D eigenvalue weighted by atomic mass is 79.9. The number of hydrogen-bond donors (Lipinski definition) is 1. The lowest BCUT2D eigenvalue weighted by Crippen LogP contribution is -1.98. The highest BCUT2D eigenvalue weighted by Gasteiger charge is 2.16. The molecule has 1 heterocycles. The summed E-state index contributed by atoms with van der Waals surface area (Å²) >= 11 is 5.35. The quantitative estimate of drug-likeness (QED) is 0.861. The number of hydrogen-bond acceptors (Lipinski definition) is 3. The van der Waals surface area contributed by atoms with Gasteiger partial charge in [0, 0.05) is 16.8 Å². The average molecular weight is 287 g/mol. The molecule has 2 N–H and O–H groups in total. The molecule has 1 aromatic heterocycles. The second-order valence-electron chi connectivity index (χ2n) is 4.00. The van der Waals surface area contributed by atoms with Gasteiger partial charge in [-0.3, -0.25) is 4.98 Å². The van der Waals surface area contributed by atoms with Gasteiger partial charge in [0.1, 0.15) is 0 Å². The van der Waals surface area contributed by atoms with E-state index in [4.69, 9.17) is 5.73 Å². The molecule has 4 heteroatoms. The first-order valence-electron chi connectivity index (χ1n) is 5.29. The molecule has 0 aromatic carbocycles. The van der Waals surface area contributed by atoms with Crippen LogP contribution in [0.25, 0.3) is 0 Å². The molecule has 1 aliphatic rings. The molecule has 0 unspecified atom stereocenters. The smallest absolute Gasteiger partial charge is 0.0650 e. The van der Waals surface area contributed by atoms with Crippen LogP contribution >= 0.6 is 27.7 Å². The lowest BCUT2D eigenvalue weighted by molar-refractivity contribution is 0.623. The Morgan fingerprint density at radius 3 is 2.80 bits per heavy atom. The highest BCUT2D eigenvalue weighted by Crippen LogP contribution is 2.36. The number of pyridine rings is 1. The van der Waals surface area contributed by atoms with E-state index in [2.05, 4.69) is 20.9 Å². The van der Waals surface area contributed by atoms with Crippen LogP contribution in [0, 0.1) is 5.92 Å². The summed E-state index contributed by atoms with van der Waals surface area (Å²) in [7, 11) is 0. The Labute approximate surface area is 103 Å². The van der Waals surface area contributed by atoms with Crippen molar-refractivity contribution in [1.82, 2.24) is 4.98 Å². The molecule has 0 spiro atoms. The zero-order valence-electron chi connectivity index (χ0n) is 8.58. The Morgan fingerprint density at radius 2 is 2.13 bits per heavy atom. The maximum absolute atomic E-state index is 5.89. The zero-order chi connectivity index (χ0) is 10.7. The van der Waals surface area contributed by atoms with Gasteiger partial charge in [0.25, 0.3) is 0 Å². The van der Waals surface area contributed by atoms with Gasteiger partial charge in [-0.25, -0.2) is 0 Å². The molecule has 0 amide bonds. The fraction of sp³-hybridized carbons (Fsp3) is 0.545.